The van der Waals surface area contributed by atoms with Gasteiger partial charge in [-0.25, -0.2) is 0 Å². The van der Waals surface area contributed by atoms with Gasteiger partial charge in [-0.2, -0.15) is 0 Å². The highest BCUT2D eigenvalue weighted by molar-refractivity contribution is 6.16. The third-order valence-electron chi connectivity index (χ3n) is 2.99. The van der Waals surface area contributed by atoms with Crippen LogP contribution in [0.4, 0.5) is 0 Å². The predicted molar refractivity (Wildman–Crippen MR) is 71.6 cm³/mol. The second-order valence-corrected chi connectivity index (χ2v) is 4.18. The minimum atomic E-state index is -0.0614. The van der Waals surface area contributed by atoms with Gasteiger partial charge >= 0.3 is 0 Å². The Morgan fingerprint density at radius 3 is 3.00 bits per heavy atom. The van der Waals surface area contributed by atoms with Crippen molar-refractivity contribution in [1.29, 1.82) is 0 Å². The van der Waals surface area contributed by atoms with Crippen molar-refractivity contribution >= 4 is 16.7 Å². The van der Waals surface area contributed by atoms with Crippen LogP contribution in [0.5, 0.6) is 5.75 Å². The maximum Gasteiger partial charge on any atom is 0.198 e. The summed E-state index contributed by atoms with van der Waals surface area (Å²) in [5.41, 5.74) is 2.08. The van der Waals surface area contributed by atoms with E-state index in [-0.39, 0.29) is 5.78 Å². The van der Waals surface area contributed by atoms with Gasteiger partial charge in [0.05, 0.1) is 18.4 Å². The molecular formula is C15H13NO3. The van der Waals surface area contributed by atoms with E-state index in [2.05, 4.69) is 4.98 Å². The van der Waals surface area contributed by atoms with Crippen LogP contribution in [0.25, 0.3) is 10.9 Å². The van der Waals surface area contributed by atoms with Gasteiger partial charge in [0.15, 0.2) is 5.78 Å². The molecule has 0 bridgehead atoms. The lowest BCUT2D eigenvalue weighted by molar-refractivity contribution is 0.103. The van der Waals surface area contributed by atoms with Crippen LogP contribution >= 0.6 is 0 Å². The van der Waals surface area contributed by atoms with Gasteiger partial charge in [0.1, 0.15) is 12.0 Å². The maximum absolute atomic E-state index is 12.3. The van der Waals surface area contributed by atoms with Crippen LogP contribution in [0.15, 0.2) is 47.4 Å². The summed E-state index contributed by atoms with van der Waals surface area (Å²) >= 11 is 0. The van der Waals surface area contributed by atoms with E-state index in [1.165, 1.54) is 12.5 Å². The summed E-state index contributed by atoms with van der Waals surface area (Å²) in [7, 11) is 0. The van der Waals surface area contributed by atoms with E-state index in [0.717, 1.165) is 16.7 Å². The van der Waals surface area contributed by atoms with Gasteiger partial charge < -0.3 is 14.1 Å². The number of carbonyl (C=O) groups is 1. The van der Waals surface area contributed by atoms with Crippen LogP contribution < -0.4 is 4.74 Å². The Labute approximate surface area is 110 Å². The normalized spacial score (nSPS) is 10.8. The number of carbonyl (C=O) groups excluding carboxylic acids is 1. The fraction of sp³-hybridized carbons (Fsp3) is 0.133. The molecule has 3 rings (SSSR count). The Hall–Kier alpha value is -2.49. The van der Waals surface area contributed by atoms with Gasteiger partial charge in [-0.1, -0.05) is 0 Å². The van der Waals surface area contributed by atoms with Gasteiger partial charge in [-0.15, -0.1) is 0 Å². The van der Waals surface area contributed by atoms with Gasteiger partial charge in [-0.3, -0.25) is 4.79 Å². The van der Waals surface area contributed by atoms with Gasteiger partial charge in [0.2, 0.25) is 0 Å². The Balaban J connectivity index is 2.08. The summed E-state index contributed by atoms with van der Waals surface area (Å²) in [5.74, 6) is 0.699. The summed E-state index contributed by atoms with van der Waals surface area (Å²) < 4.78 is 10.4. The number of hydrogen-bond donors (Lipinski definition) is 1. The highest BCUT2D eigenvalue weighted by atomic mass is 16.5. The van der Waals surface area contributed by atoms with Gasteiger partial charge in [-0.05, 0) is 31.2 Å². The molecule has 0 spiro atoms. The monoisotopic (exact) mass is 255 g/mol. The smallest absolute Gasteiger partial charge is 0.198 e. The predicted octanol–water partition coefficient (Wildman–Crippen LogP) is 3.39. The summed E-state index contributed by atoms with van der Waals surface area (Å²) in [4.78, 5) is 15.4. The molecule has 0 saturated heterocycles. The van der Waals surface area contributed by atoms with Crippen molar-refractivity contribution < 1.29 is 13.9 Å². The lowest BCUT2D eigenvalue weighted by atomic mass is 10.1. The number of aromatic amines is 1. The van der Waals surface area contributed by atoms with Crippen molar-refractivity contribution in [3.8, 4) is 5.75 Å². The molecule has 2 aromatic heterocycles. The Bertz CT molecular complexity index is 710. The topological polar surface area (TPSA) is 55.2 Å². The van der Waals surface area contributed by atoms with E-state index >= 15 is 0 Å². The zero-order chi connectivity index (χ0) is 13.2. The number of furan rings is 1. The number of nitrogens with one attached hydrogen (secondary N) is 1. The average molecular weight is 255 g/mol. The van der Waals surface area contributed by atoms with E-state index in [0.29, 0.717) is 17.7 Å². The molecule has 96 valence electrons. The van der Waals surface area contributed by atoms with Crippen LogP contribution in [-0.2, 0) is 0 Å². The molecule has 3 aromatic rings. The van der Waals surface area contributed by atoms with Crippen LogP contribution in [0, 0.1) is 0 Å². The summed E-state index contributed by atoms with van der Waals surface area (Å²) in [5, 5.41) is 0.858. The van der Waals surface area contributed by atoms with Gasteiger partial charge in [0, 0.05) is 22.7 Å². The Morgan fingerprint density at radius 1 is 1.37 bits per heavy atom. The molecule has 0 saturated carbocycles. The average Bonchev–Trinajstić information content (AvgIpc) is 3.07. The molecule has 1 aromatic carbocycles. The molecule has 0 aliphatic heterocycles. The van der Waals surface area contributed by atoms with E-state index in [1.807, 2.05) is 25.1 Å². The molecule has 1 N–H and O–H groups in total. The number of benzene rings is 1. The van der Waals surface area contributed by atoms with Crippen molar-refractivity contribution in [2.24, 2.45) is 0 Å². The summed E-state index contributed by atoms with van der Waals surface area (Å²) in [6.45, 7) is 2.53. The van der Waals surface area contributed by atoms with Crippen LogP contribution in [0.1, 0.15) is 22.8 Å². The molecule has 19 heavy (non-hydrogen) atoms. The highest BCUT2D eigenvalue weighted by Gasteiger charge is 2.15. The van der Waals surface area contributed by atoms with E-state index in [1.54, 1.807) is 12.3 Å². The molecule has 0 aliphatic rings. The minimum Gasteiger partial charge on any atom is -0.494 e. The first-order valence-electron chi connectivity index (χ1n) is 6.10. The van der Waals surface area contributed by atoms with Crippen molar-refractivity contribution in [3.05, 3.63) is 54.1 Å². The van der Waals surface area contributed by atoms with E-state index in [4.69, 9.17) is 9.15 Å². The number of H-pyrrole nitrogens is 1. The molecule has 0 atom stereocenters. The molecule has 0 fully saturated rings. The molecular weight excluding hydrogens is 242 g/mol. The maximum atomic E-state index is 12.3. The third-order valence-corrected chi connectivity index (χ3v) is 2.99. The fourth-order valence-electron chi connectivity index (χ4n) is 2.09. The third kappa shape index (κ3) is 2.01. The number of ether oxygens (including phenoxy) is 1. The molecule has 0 unspecified atom stereocenters. The second-order valence-electron chi connectivity index (χ2n) is 4.18. The SMILES string of the molecule is CCOc1ccc2[nH]cc(C(=O)c3ccoc3)c2c1. The highest BCUT2D eigenvalue weighted by Crippen LogP contribution is 2.25. The van der Waals surface area contributed by atoms with Crippen LogP contribution in [0.3, 0.4) is 0 Å². The molecule has 4 heteroatoms. The van der Waals surface area contributed by atoms with Crippen LogP contribution in [0.2, 0.25) is 0 Å². The van der Waals surface area contributed by atoms with Gasteiger partial charge in [0.25, 0.3) is 0 Å². The van der Waals surface area contributed by atoms with Crippen molar-refractivity contribution in [1.82, 2.24) is 4.98 Å². The van der Waals surface area contributed by atoms with Crippen molar-refractivity contribution in [2.75, 3.05) is 6.61 Å². The molecule has 0 amide bonds. The zero-order valence-corrected chi connectivity index (χ0v) is 10.5. The van der Waals surface area contributed by atoms with Crippen molar-refractivity contribution in [2.45, 2.75) is 6.92 Å². The van der Waals surface area contributed by atoms with E-state index < -0.39 is 0 Å². The molecule has 0 aliphatic carbocycles. The lowest BCUT2D eigenvalue weighted by Gasteiger charge is -2.03. The molecule has 2 heterocycles. The van der Waals surface area contributed by atoms with E-state index in [9.17, 15) is 4.79 Å². The minimum absolute atomic E-state index is 0.0614. The number of hydrogen-bond acceptors (Lipinski definition) is 3. The number of ketones is 1. The fourth-order valence-corrected chi connectivity index (χ4v) is 2.09. The second kappa shape index (κ2) is 4.65. The quantitative estimate of drug-likeness (QED) is 0.727. The molecule has 0 radical (unpaired) electrons. The first kappa shape index (κ1) is 11.6. The molecule has 4 nitrogen and oxygen atoms in total. The summed E-state index contributed by atoms with van der Waals surface area (Å²) in [6, 6.07) is 7.33. The number of rotatable bonds is 4. The largest absolute Gasteiger partial charge is 0.494 e. The number of fused-ring (bicyclic) bond motifs is 1. The lowest BCUT2D eigenvalue weighted by Crippen LogP contribution is -1.98. The van der Waals surface area contributed by atoms with Crippen molar-refractivity contribution in [3.63, 3.8) is 0 Å². The standard InChI is InChI=1S/C15H13NO3/c1-2-19-11-3-4-14-12(7-11)13(8-16-14)15(17)10-5-6-18-9-10/h3-9,16H,2H2,1H3. The first-order valence-corrected chi connectivity index (χ1v) is 6.10. The first-order chi connectivity index (χ1) is 9.29. The number of aromatic nitrogens is 1. The Kier molecular flexibility index (Phi) is 2.83. The summed E-state index contributed by atoms with van der Waals surface area (Å²) in [6.07, 6.45) is 4.66. The Morgan fingerprint density at radius 2 is 2.26 bits per heavy atom. The van der Waals surface area contributed by atoms with Crippen LogP contribution in [-0.4, -0.2) is 17.4 Å². The zero-order valence-electron chi connectivity index (χ0n) is 10.5.